The minimum Gasteiger partial charge on any atom is -0.490 e. The monoisotopic (exact) mass is 545 g/mol. The minimum atomic E-state index is -1.09. The Bertz CT molecular complexity index is 1480. The van der Waals surface area contributed by atoms with Gasteiger partial charge in [-0.3, -0.25) is 4.79 Å². The van der Waals surface area contributed by atoms with E-state index >= 15 is 0 Å². The lowest BCUT2D eigenvalue weighted by atomic mass is 10.2. The molecule has 0 aliphatic carbocycles. The van der Waals surface area contributed by atoms with Crippen LogP contribution < -0.4 is 19.6 Å². The van der Waals surface area contributed by atoms with Gasteiger partial charge in [0, 0.05) is 17.1 Å². The smallest absolute Gasteiger partial charge is 0.344 e. The Labute approximate surface area is 231 Å². The number of hydrazone groups is 1. The number of carbonyl (C=O) groups excluding carboxylic acids is 1. The van der Waals surface area contributed by atoms with Crippen LogP contribution in [0.2, 0.25) is 0 Å². The molecule has 2 N–H and O–H groups in total. The average Bonchev–Trinajstić information content (AvgIpc) is 3.55. The summed E-state index contributed by atoms with van der Waals surface area (Å²) in [6.45, 7) is 7.87. The standard InChI is InChI=1S/C30H31N3O7/c1-5-37-28-16-22(8-14-26(28)39-21(4)30(35)36)17-31-32-29(34)27-15-13-25(40-27)18-38-24-11-9-23(10-12-24)33-19(2)6-7-20(33)3/h6-17,21H,5,18H2,1-4H3,(H,32,34)(H,35,36)/b31-17+/t21-/m0/s1. The summed E-state index contributed by atoms with van der Waals surface area (Å²) < 4.78 is 24.6. The molecule has 0 radical (unpaired) electrons. The van der Waals surface area contributed by atoms with Gasteiger partial charge < -0.3 is 28.3 Å². The summed E-state index contributed by atoms with van der Waals surface area (Å²) >= 11 is 0. The van der Waals surface area contributed by atoms with Gasteiger partial charge in [0.1, 0.15) is 18.1 Å². The van der Waals surface area contributed by atoms with Gasteiger partial charge in [0.15, 0.2) is 23.4 Å². The molecular formula is C30H31N3O7. The first-order chi connectivity index (χ1) is 19.2. The highest BCUT2D eigenvalue weighted by Gasteiger charge is 2.16. The number of benzene rings is 2. The van der Waals surface area contributed by atoms with Crippen LogP contribution in [-0.2, 0) is 11.4 Å². The maximum atomic E-state index is 12.5. The molecule has 0 aliphatic heterocycles. The number of amides is 1. The molecule has 0 aliphatic rings. The van der Waals surface area contributed by atoms with Gasteiger partial charge in [-0.1, -0.05) is 0 Å². The lowest BCUT2D eigenvalue weighted by molar-refractivity contribution is -0.144. The van der Waals surface area contributed by atoms with Crippen LogP contribution in [0.1, 0.15) is 47.1 Å². The Morgan fingerprint density at radius 1 is 1.00 bits per heavy atom. The zero-order chi connectivity index (χ0) is 28.6. The summed E-state index contributed by atoms with van der Waals surface area (Å²) in [7, 11) is 0. The molecule has 1 amide bonds. The third-order valence-corrected chi connectivity index (χ3v) is 5.93. The molecule has 0 bridgehead atoms. The number of hydrogen-bond acceptors (Lipinski definition) is 7. The van der Waals surface area contributed by atoms with E-state index in [1.165, 1.54) is 13.1 Å². The van der Waals surface area contributed by atoms with E-state index in [0.717, 1.165) is 17.1 Å². The van der Waals surface area contributed by atoms with Crippen molar-refractivity contribution in [3.63, 3.8) is 0 Å². The van der Waals surface area contributed by atoms with Crippen LogP contribution in [0.5, 0.6) is 17.2 Å². The molecular weight excluding hydrogens is 514 g/mol. The highest BCUT2D eigenvalue weighted by Crippen LogP contribution is 2.29. The molecule has 40 heavy (non-hydrogen) atoms. The van der Waals surface area contributed by atoms with Crippen molar-refractivity contribution in [2.45, 2.75) is 40.4 Å². The first-order valence-corrected chi connectivity index (χ1v) is 12.7. The molecule has 1 atom stereocenters. The van der Waals surface area contributed by atoms with Crippen molar-refractivity contribution in [3.8, 4) is 22.9 Å². The Balaban J connectivity index is 1.31. The number of aliphatic carboxylic acids is 1. The summed E-state index contributed by atoms with van der Waals surface area (Å²) in [5, 5.41) is 13.0. The average molecular weight is 546 g/mol. The van der Waals surface area contributed by atoms with Gasteiger partial charge in [0.25, 0.3) is 0 Å². The fourth-order valence-electron chi connectivity index (χ4n) is 3.93. The number of nitrogens with one attached hydrogen (secondary N) is 1. The van der Waals surface area contributed by atoms with Crippen LogP contribution in [0.3, 0.4) is 0 Å². The van der Waals surface area contributed by atoms with Crippen molar-refractivity contribution in [1.29, 1.82) is 0 Å². The second-order valence-electron chi connectivity index (χ2n) is 8.94. The second-order valence-corrected chi connectivity index (χ2v) is 8.94. The van der Waals surface area contributed by atoms with Crippen LogP contribution in [-0.4, -0.2) is 40.5 Å². The number of carbonyl (C=O) groups is 2. The maximum Gasteiger partial charge on any atom is 0.344 e. The normalized spacial score (nSPS) is 11.8. The molecule has 0 unspecified atom stereocenters. The Kier molecular flexibility index (Phi) is 8.90. The highest BCUT2D eigenvalue weighted by molar-refractivity contribution is 5.92. The number of rotatable bonds is 12. The number of aromatic nitrogens is 1. The van der Waals surface area contributed by atoms with E-state index < -0.39 is 18.0 Å². The van der Waals surface area contributed by atoms with Crippen molar-refractivity contribution < 1.29 is 33.3 Å². The maximum absolute atomic E-state index is 12.5. The third kappa shape index (κ3) is 6.90. The molecule has 208 valence electrons. The first-order valence-electron chi connectivity index (χ1n) is 12.7. The molecule has 0 fully saturated rings. The van der Waals surface area contributed by atoms with Gasteiger partial charge in [0.2, 0.25) is 0 Å². The van der Waals surface area contributed by atoms with Gasteiger partial charge in [-0.25, -0.2) is 10.2 Å². The van der Waals surface area contributed by atoms with Gasteiger partial charge in [-0.05, 0) is 100.0 Å². The Morgan fingerprint density at radius 2 is 1.73 bits per heavy atom. The number of hydrogen-bond donors (Lipinski definition) is 2. The molecule has 10 nitrogen and oxygen atoms in total. The molecule has 10 heteroatoms. The molecule has 4 rings (SSSR count). The largest absolute Gasteiger partial charge is 0.490 e. The van der Waals surface area contributed by atoms with Crippen molar-refractivity contribution >= 4 is 18.1 Å². The van der Waals surface area contributed by atoms with E-state index in [9.17, 15) is 9.59 Å². The van der Waals surface area contributed by atoms with Gasteiger partial charge in [-0.2, -0.15) is 5.10 Å². The summed E-state index contributed by atoms with van der Waals surface area (Å²) in [6.07, 6.45) is 0.393. The number of furan rings is 1. The summed E-state index contributed by atoms with van der Waals surface area (Å²) in [4.78, 5) is 23.6. The van der Waals surface area contributed by atoms with Crippen molar-refractivity contribution in [2.24, 2.45) is 5.10 Å². The summed E-state index contributed by atoms with van der Waals surface area (Å²) in [5.74, 6) is 0.310. The first kappa shape index (κ1) is 28.0. The molecule has 2 aromatic heterocycles. The quantitative estimate of drug-likeness (QED) is 0.183. The van der Waals surface area contributed by atoms with Crippen LogP contribution >= 0.6 is 0 Å². The summed E-state index contributed by atoms with van der Waals surface area (Å²) in [5.41, 5.74) is 6.39. The SMILES string of the molecule is CCOc1cc(/C=N/NC(=O)c2ccc(COc3ccc(-n4c(C)ccc4C)cc3)o2)ccc1O[C@@H](C)C(=O)O. The molecule has 0 saturated heterocycles. The van der Waals surface area contributed by atoms with Crippen molar-refractivity contribution in [3.05, 3.63) is 95.2 Å². The van der Waals surface area contributed by atoms with Crippen LogP contribution in [0.15, 0.2) is 76.2 Å². The van der Waals surface area contributed by atoms with Crippen LogP contribution in [0.25, 0.3) is 5.69 Å². The van der Waals surface area contributed by atoms with E-state index in [0.29, 0.717) is 35.2 Å². The zero-order valence-corrected chi connectivity index (χ0v) is 22.7. The third-order valence-electron chi connectivity index (χ3n) is 5.93. The Morgan fingerprint density at radius 3 is 2.40 bits per heavy atom. The lowest BCUT2D eigenvalue weighted by Gasteiger charge is -2.15. The zero-order valence-electron chi connectivity index (χ0n) is 22.7. The van der Waals surface area contributed by atoms with Crippen LogP contribution in [0, 0.1) is 13.8 Å². The van der Waals surface area contributed by atoms with Crippen molar-refractivity contribution in [1.82, 2.24) is 9.99 Å². The molecule has 4 aromatic rings. The fraction of sp³-hybridized carbons (Fsp3) is 0.233. The minimum absolute atomic E-state index is 0.0890. The highest BCUT2D eigenvalue weighted by atomic mass is 16.5. The second kappa shape index (κ2) is 12.7. The van der Waals surface area contributed by atoms with Gasteiger partial charge >= 0.3 is 11.9 Å². The van der Waals surface area contributed by atoms with Gasteiger partial charge in [-0.15, -0.1) is 0 Å². The van der Waals surface area contributed by atoms with E-state index in [1.54, 1.807) is 37.3 Å². The summed E-state index contributed by atoms with van der Waals surface area (Å²) in [6, 6.07) is 20.0. The number of carboxylic acid groups (broad SMARTS) is 1. The molecule has 2 aromatic carbocycles. The van der Waals surface area contributed by atoms with E-state index in [2.05, 4.69) is 41.1 Å². The number of carboxylic acids is 1. The predicted molar refractivity (Wildman–Crippen MR) is 149 cm³/mol. The van der Waals surface area contributed by atoms with Crippen LogP contribution in [0.4, 0.5) is 0 Å². The number of ether oxygens (including phenoxy) is 3. The fourth-order valence-corrected chi connectivity index (χ4v) is 3.93. The molecule has 0 spiro atoms. The number of nitrogens with zero attached hydrogens (tertiary/aromatic N) is 2. The van der Waals surface area contributed by atoms with E-state index in [-0.39, 0.29) is 12.4 Å². The van der Waals surface area contributed by atoms with E-state index in [1.807, 2.05) is 24.3 Å². The van der Waals surface area contributed by atoms with Crippen molar-refractivity contribution in [2.75, 3.05) is 6.61 Å². The lowest BCUT2D eigenvalue weighted by Crippen LogP contribution is -2.23. The Hall–Kier alpha value is -4.99. The predicted octanol–water partition coefficient (Wildman–Crippen LogP) is 5.28. The molecule has 0 saturated carbocycles. The topological polar surface area (TPSA) is 125 Å². The molecule has 2 heterocycles. The van der Waals surface area contributed by atoms with E-state index in [4.69, 9.17) is 23.7 Å². The van der Waals surface area contributed by atoms with Gasteiger partial charge in [0.05, 0.1) is 12.8 Å². The number of aryl methyl sites for hydroxylation is 2.